The topological polar surface area (TPSA) is 55.4 Å². The fourth-order valence-electron chi connectivity index (χ4n) is 1.35. The molecule has 0 aliphatic heterocycles. The van der Waals surface area contributed by atoms with E-state index >= 15 is 0 Å². The monoisotopic (exact) mass is 327 g/mol. The van der Waals surface area contributed by atoms with Crippen LogP contribution in [0.5, 0.6) is 5.75 Å². The molecule has 1 amide bonds. The second-order valence-corrected chi connectivity index (χ2v) is 5.60. The fraction of sp³-hybridized carbons (Fsp3) is 0.429. The van der Waals surface area contributed by atoms with Gasteiger partial charge >= 0.3 is 0 Å². The van der Waals surface area contributed by atoms with E-state index < -0.39 is 0 Å². The third-order valence-corrected chi connectivity index (χ3v) is 3.34. The molecule has 0 aliphatic carbocycles. The highest BCUT2D eigenvalue weighted by molar-refractivity contribution is 9.10. The largest absolute Gasteiger partial charge is 0.483 e. The van der Waals surface area contributed by atoms with Crippen molar-refractivity contribution in [2.24, 2.45) is 5.92 Å². The highest BCUT2D eigenvalue weighted by Gasteiger charge is 2.12. The Bertz CT molecular complexity index is 460. The van der Waals surface area contributed by atoms with Gasteiger partial charge in [0, 0.05) is 10.5 Å². The number of ether oxygens (including phenoxy) is 1. The molecule has 0 heterocycles. The fourth-order valence-corrected chi connectivity index (χ4v) is 1.73. The molecule has 1 N–H and O–H groups in total. The summed E-state index contributed by atoms with van der Waals surface area (Å²) >= 11 is 3.27. The first-order valence-corrected chi connectivity index (χ1v) is 6.90. The van der Waals surface area contributed by atoms with E-state index in [0.717, 1.165) is 4.47 Å². The Kier molecular flexibility index (Phi) is 6.02. The van der Waals surface area contributed by atoms with E-state index in [-0.39, 0.29) is 18.6 Å². The van der Waals surface area contributed by atoms with E-state index in [0.29, 0.717) is 23.5 Å². The highest BCUT2D eigenvalue weighted by atomic mass is 79.9. The van der Waals surface area contributed by atoms with E-state index in [4.69, 9.17) is 4.74 Å². The molecule has 4 nitrogen and oxygen atoms in total. The maximum atomic E-state index is 11.7. The van der Waals surface area contributed by atoms with Crippen molar-refractivity contribution < 1.29 is 14.3 Å². The molecule has 1 rings (SSSR count). The molecule has 19 heavy (non-hydrogen) atoms. The number of benzene rings is 1. The predicted molar refractivity (Wildman–Crippen MR) is 77.5 cm³/mol. The molecule has 1 atom stereocenters. The Labute approximate surface area is 121 Å². The lowest BCUT2D eigenvalue weighted by Crippen LogP contribution is -2.39. The van der Waals surface area contributed by atoms with Crippen LogP contribution in [0.1, 0.15) is 31.1 Å². The number of aldehydes is 1. The molecule has 0 fully saturated rings. The van der Waals surface area contributed by atoms with Gasteiger partial charge in [0.1, 0.15) is 5.75 Å². The van der Waals surface area contributed by atoms with Crippen molar-refractivity contribution in [1.29, 1.82) is 0 Å². The summed E-state index contributed by atoms with van der Waals surface area (Å²) in [6.07, 6.45) is 0.703. The van der Waals surface area contributed by atoms with E-state index in [1.807, 2.05) is 20.8 Å². The van der Waals surface area contributed by atoms with Gasteiger partial charge in [-0.1, -0.05) is 29.8 Å². The zero-order valence-electron chi connectivity index (χ0n) is 11.3. The zero-order valence-corrected chi connectivity index (χ0v) is 12.9. The summed E-state index contributed by atoms with van der Waals surface area (Å²) in [5, 5.41) is 2.84. The third-order valence-electron chi connectivity index (χ3n) is 2.85. The first kappa shape index (κ1) is 15.7. The van der Waals surface area contributed by atoms with E-state index in [9.17, 15) is 9.59 Å². The summed E-state index contributed by atoms with van der Waals surface area (Å²) < 4.78 is 6.15. The Balaban J connectivity index is 2.57. The lowest BCUT2D eigenvalue weighted by molar-refractivity contribution is -0.124. The smallest absolute Gasteiger partial charge is 0.258 e. The molecule has 0 bridgehead atoms. The minimum atomic E-state index is -0.194. The first-order valence-electron chi connectivity index (χ1n) is 6.11. The lowest BCUT2D eigenvalue weighted by atomic mass is 10.1. The second-order valence-electron chi connectivity index (χ2n) is 4.69. The van der Waals surface area contributed by atoms with Crippen LogP contribution in [0.3, 0.4) is 0 Å². The molecule has 1 aromatic carbocycles. The number of hydrogen-bond donors (Lipinski definition) is 1. The molecular formula is C14H18BrNO3. The molecule has 0 unspecified atom stereocenters. The molecule has 0 radical (unpaired) electrons. The van der Waals surface area contributed by atoms with Crippen LogP contribution >= 0.6 is 15.9 Å². The molecule has 0 aromatic heterocycles. The van der Waals surface area contributed by atoms with Gasteiger partial charge in [0.25, 0.3) is 5.91 Å². The van der Waals surface area contributed by atoms with E-state index in [1.165, 1.54) is 0 Å². The van der Waals surface area contributed by atoms with Crippen LogP contribution < -0.4 is 10.1 Å². The predicted octanol–water partition coefficient (Wildman–Crippen LogP) is 2.80. The number of amides is 1. The molecule has 0 saturated carbocycles. The standard InChI is InChI=1S/C14H18BrNO3/c1-9(2)10(3)16-14(18)8-19-13-5-4-12(15)6-11(13)7-17/h4-7,9-10H,8H2,1-3H3,(H,16,18)/t10-/m1/s1. The summed E-state index contributed by atoms with van der Waals surface area (Å²) in [6.45, 7) is 5.91. The number of carbonyl (C=O) groups is 2. The van der Waals surface area contributed by atoms with Gasteiger partial charge in [0.05, 0.1) is 5.56 Å². The molecule has 0 saturated heterocycles. The van der Waals surface area contributed by atoms with E-state index in [2.05, 4.69) is 21.2 Å². The highest BCUT2D eigenvalue weighted by Crippen LogP contribution is 2.21. The van der Waals surface area contributed by atoms with Gasteiger partial charge in [-0.3, -0.25) is 9.59 Å². The molecule has 0 spiro atoms. The Hall–Kier alpha value is -1.36. The number of halogens is 1. The van der Waals surface area contributed by atoms with Crippen LogP contribution in [0.15, 0.2) is 22.7 Å². The van der Waals surface area contributed by atoms with Crippen LogP contribution in [-0.2, 0) is 4.79 Å². The third kappa shape index (κ3) is 5.03. The SMILES string of the molecule is CC(C)[C@@H](C)NC(=O)COc1ccc(Br)cc1C=O. The summed E-state index contributed by atoms with van der Waals surface area (Å²) in [5.41, 5.74) is 0.416. The quantitative estimate of drug-likeness (QED) is 0.817. The minimum Gasteiger partial charge on any atom is -0.483 e. The van der Waals surface area contributed by atoms with Gasteiger partial charge < -0.3 is 10.1 Å². The van der Waals surface area contributed by atoms with Crippen molar-refractivity contribution in [3.63, 3.8) is 0 Å². The number of carbonyl (C=O) groups excluding carboxylic acids is 2. The molecular weight excluding hydrogens is 310 g/mol. The zero-order chi connectivity index (χ0) is 14.4. The Morgan fingerprint density at radius 3 is 2.68 bits per heavy atom. The minimum absolute atomic E-state index is 0.0894. The van der Waals surface area contributed by atoms with Gasteiger partial charge in [0.2, 0.25) is 0 Å². The van der Waals surface area contributed by atoms with Crippen molar-refractivity contribution >= 4 is 28.1 Å². The average Bonchev–Trinajstić information content (AvgIpc) is 2.36. The molecule has 5 heteroatoms. The van der Waals surface area contributed by atoms with Crippen LogP contribution in [0, 0.1) is 5.92 Å². The maximum absolute atomic E-state index is 11.7. The van der Waals surface area contributed by atoms with Gasteiger partial charge in [-0.2, -0.15) is 0 Å². The lowest BCUT2D eigenvalue weighted by Gasteiger charge is -2.17. The van der Waals surface area contributed by atoms with Crippen LogP contribution in [0.2, 0.25) is 0 Å². The Morgan fingerprint density at radius 1 is 1.42 bits per heavy atom. The van der Waals surface area contributed by atoms with Gasteiger partial charge in [-0.25, -0.2) is 0 Å². The second kappa shape index (κ2) is 7.28. The summed E-state index contributed by atoms with van der Waals surface area (Å²) in [6, 6.07) is 5.16. The Morgan fingerprint density at radius 2 is 2.11 bits per heavy atom. The van der Waals surface area contributed by atoms with Crippen molar-refractivity contribution in [2.75, 3.05) is 6.61 Å². The van der Waals surface area contributed by atoms with Gasteiger partial charge in [0.15, 0.2) is 12.9 Å². The number of rotatable bonds is 6. The molecule has 104 valence electrons. The first-order chi connectivity index (χ1) is 8.93. The molecule has 0 aliphatic rings. The van der Waals surface area contributed by atoms with Crippen molar-refractivity contribution in [3.05, 3.63) is 28.2 Å². The van der Waals surface area contributed by atoms with Gasteiger partial charge in [-0.05, 0) is 31.0 Å². The van der Waals surface area contributed by atoms with Crippen LogP contribution in [0.4, 0.5) is 0 Å². The summed E-state index contributed by atoms with van der Waals surface area (Å²) in [5.74, 6) is 0.577. The van der Waals surface area contributed by atoms with Crippen molar-refractivity contribution in [3.8, 4) is 5.75 Å². The number of hydrogen-bond acceptors (Lipinski definition) is 3. The van der Waals surface area contributed by atoms with E-state index in [1.54, 1.807) is 18.2 Å². The molecule has 1 aromatic rings. The maximum Gasteiger partial charge on any atom is 0.258 e. The summed E-state index contributed by atoms with van der Waals surface area (Å²) in [4.78, 5) is 22.6. The average molecular weight is 328 g/mol. The van der Waals surface area contributed by atoms with Gasteiger partial charge in [-0.15, -0.1) is 0 Å². The normalized spacial score (nSPS) is 12.1. The van der Waals surface area contributed by atoms with Crippen LogP contribution in [0.25, 0.3) is 0 Å². The number of nitrogens with one attached hydrogen (secondary N) is 1. The summed E-state index contributed by atoms with van der Waals surface area (Å²) in [7, 11) is 0. The van der Waals surface area contributed by atoms with Crippen molar-refractivity contribution in [1.82, 2.24) is 5.32 Å². The van der Waals surface area contributed by atoms with Crippen LogP contribution in [-0.4, -0.2) is 24.8 Å². The van der Waals surface area contributed by atoms with Crippen molar-refractivity contribution in [2.45, 2.75) is 26.8 Å².